The van der Waals surface area contributed by atoms with Crippen molar-refractivity contribution in [3.63, 3.8) is 0 Å². The van der Waals surface area contributed by atoms with Crippen molar-refractivity contribution in [2.24, 2.45) is 17.1 Å². The number of ether oxygens (including phenoxy) is 1. The third kappa shape index (κ3) is 6.03. The topological polar surface area (TPSA) is 67.6 Å². The van der Waals surface area contributed by atoms with Gasteiger partial charge in [0.25, 0.3) is 0 Å². The molecule has 1 aliphatic heterocycles. The second-order valence-electron chi connectivity index (χ2n) is 7.24. The van der Waals surface area contributed by atoms with Crippen LogP contribution in [0.3, 0.4) is 0 Å². The van der Waals surface area contributed by atoms with E-state index in [1.165, 1.54) is 32.1 Å². The normalized spacial score (nSPS) is 22.2. The smallest absolute Gasteiger partial charge is 0.227 e. The van der Waals surface area contributed by atoms with E-state index < -0.39 is 5.41 Å². The number of nitrogens with zero attached hydrogens (tertiary/aromatic N) is 1. The van der Waals surface area contributed by atoms with Crippen molar-refractivity contribution >= 4 is 30.7 Å². The molecule has 1 atom stereocenters. The van der Waals surface area contributed by atoms with E-state index in [0.29, 0.717) is 31.7 Å². The molecule has 2 aliphatic rings. The Labute approximate surface area is 159 Å². The van der Waals surface area contributed by atoms with Crippen LogP contribution in [-0.2, 0) is 9.53 Å². The molecule has 1 saturated carbocycles. The second kappa shape index (κ2) is 11.5. The number of carbonyl (C=O) groups is 1. The molecule has 0 bridgehead atoms. The molecule has 0 aromatic heterocycles. The molecule has 1 saturated heterocycles. The highest BCUT2D eigenvalue weighted by molar-refractivity contribution is 5.85. The maximum absolute atomic E-state index is 12.7. The molecular formula is C17H35Cl2N3O2. The van der Waals surface area contributed by atoms with Crippen molar-refractivity contribution in [1.29, 1.82) is 0 Å². The maximum atomic E-state index is 12.7. The molecule has 24 heavy (non-hydrogen) atoms. The molecule has 1 aliphatic carbocycles. The molecule has 0 aromatic rings. The minimum atomic E-state index is -0.415. The van der Waals surface area contributed by atoms with E-state index in [1.807, 2.05) is 0 Å². The summed E-state index contributed by atoms with van der Waals surface area (Å²) in [5.41, 5.74) is 5.51. The average molecular weight is 384 g/mol. The van der Waals surface area contributed by atoms with E-state index in [0.717, 1.165) is 19.4 Å². The van der Waals surface area contributed by atoms with E-state index in [9.17, 15) is 4.79 Å². The van der Waals surface area contributed by atoms with Crippen molar-refractivity contribution in [2.45, 2.75) is 51.0 Å². The SMILES string of the molecule is CN(C)C(CNC(=O)C1(CN)CCOCC1)C1CCCCC1.Cl.Cl. The molecule has 0 radical (unpaired) electrons. The van der Waals surface area contributed by atoms with E-state index in [4.69, 9.17) is 10.5 Å². The van der Waals surface area contributed by atoms with Crippen LogP contribution in [0.1, 0.15) is 44.9 Å². The van der Waals surface area contributed by atoms with Gasteiger partial charge >= 0.3 is 0 Å². The van der Waals surface area contributed by atoms with E-state index >= 15 is 0 Å². The van der Waals surface area contributed by atoms with Crippen LogP contribution in [0.4, 0.5) is 0 Å². The number of hydrogen-bond acceptors (Lipinski definition) is 4. The van der Waals surface area contributed by atoms with Gasteiger partial charge in [-0.2, -0.15) is 0 Å². The molecule has 3 N–H and O–H groups in total. The van der Waals surface area contributed by atoms with Crippen molar-refractivity contribution in [3.8, 4) is 0 Å². The second-order valence-corrected chi connectivity index (χ2v) is 7.24. The predicted octanol–water partition coefficient (Wildman–Crippen LogP) is 2.21. The van der Waals surface area contributed by atoms with Crippen LogP contribution in [0, 0.1) is 11.3 Å². The zero-order valence-electron chi connectivity index (χ0n) is 15.1. The number of nitrogens with one attached hydrogen (secondary N) is 1. The van der Waals surface area contributed by atoms with Crippen LogP contribution in [0.15, 0.2) is 0 Å². The Balaban J connectivity index is 0.00000264. The zero-order chi connectivity index (χ0) is 16.0. The van der Waals surface area contributed by atoms with Gasteiger partial charge in [0.15, 0.2) is 0 Å². The molecule has 1 heterocycles. The van der Waals surface area contributed by atoms with Crippen LogP contribution >= 0.6 is 24.8 Å². The predicted molar refractivity (Wildman–Crippen MR) is 103 cm³/mol. The fourth-order valence-corrected chi connectivity index (χ4v) is 3.96. The lowest BCUT2D eigenvalue weighted by molar-refractivity contribution is -0.136. The summed E-state index contributed by atoms with van der Waals surface area (Å²) in [5.74, 6) is 0.827. The minimum absolute atomic E-state index is 0. The van der Waals surface area contributed by atoms with E-state index in [2.05, 4.69) is 24.3 Å². The van der Waals surface area contributed by atoms with Gasteiger partial charge in [0.1, 0.15) is 0 Å². The van der Waals surface area contributed by atoms with Gasteiger partial charge in [-0.3, -0.25) is 4.79 Å². The molecular weight excluding hydrogens is 349 g/mol. The molecule has 0 spiro atoms. The van der Waals surface area contributed by atoms with Crippen molar-refractivity contribution in [2.75, 3.05) is 40.4 Å². The summed E-state index contributed by atoms with van der Waals surface area (Å²) in [6.07, 6.45) is 8.07. The van der Waals surface area contributed by atoms with Crippen LogP contribution in [0.25, 0.3) is 0 Å². The maximum Gasteiger partial charge on any atom is 0.227 e. The standard InChI is InChI=1S/C17H33N3O2.2ClH/c1-20(2)15(14-6-4-3-5-7-14)12-19-16(21)17(13-18)8-10-22-11-9-17;;/h14-15H,3-13,18H2,1-2H3,(H,19,21);2*1H. The van der Waals surface area contributed by atoms with Crippen LogP contribution in [0.5, 0.6) is 0 Å². The largest absolute Gasteiger partial charge is 0.381 e. The molecule has 5 nitrogen and oxygen atoms in total. The van der Waals surface area contributed by atoms with Crippen molar-refractivity contribution in [3.05, 3.63) is 0 Å². The van der Waals surface area contributed by atoms with Crippen LogP contribution < -0.4 is 11.1 Å². The van der Waals surface area contributed by atoms with Crippen LogP contribution in [0.2, 0.25) is 0 Å². The van der Waals surface area contributed by atoms with Gasteiger partial charge in [0, 0.05) is 32.3 Å². The van der Waals surface area contributed by atoms with E-state index in [-0.39, 0.29) is 30.7 Å². The lowest BCUT2D eigenvalue weighted by Gasteiger charge is -2.38. The van der Waals surface area contributed by atoms with Gasteiger partial charge in [0.05, 0.1) is 5.41 Å². The fourth-order valence-electron chi connectivity index (χ4n) is 3.96. The first-order chi connectivity index (χ1) is 10.6. The molecule has 2 rings (SSSR count). The highest BCUT2D eigenvalue weighted by atomic mass is 35.5. The average Bonchev–Trinajstić information content (AvgIpc) is 2.56. The molecule has 1 amide bonds. The van der Waals surface area contributed by atoms with Crippen LogP contribution in [-0.4, -0.2) is 57.2 Å². The van der Waals surface area contributed by atoms with Gasteiger partial charge < -0.3 is 20.7 Å². The minimum Gasteiger partial charge on any atom is -0.381 e. The summed E-state index contributed by atoms with van der Waals surface area (Å²) in [5, 5.41) is 3.21. The fraction of sp³-hybridized carbons (Fsp3) is 0.941. The summed E-state index contributed by atoms with van der Waals surface area (Å²) < 4.78 is 5.39. The monoisotopic (exact) mass is 383 g/mol. The Morgan fingerprint density at radius 3 is 2.29 bits per heavy atom. The summed E-state index contributed by atoms with van der Waals surface area (Å²) >= 11 is 0. The third-order valence-electron chi connectivity index (χ3n) is 5.65. The Bertz CT molecular complexity index is 358. The number of hydrogen-bond donors (Lipinski definition) is 2. The zero-order valence-corrected chi connectivity index (χ0v) is 16.7. The molecule has 0 aromatic carbocycles. The number of amides is 1. The summed E-state index contributed by atoms with van der Waals surface area (Å²) in [6.45, 7) is 2.44. The lowest BCUT2D eigenvalue weighted by Crippen LogP contribution is -2.53. The Morgan fingerprint density at radius 2 is 1.79 bits per heavy atom. The summed E-state index contributed by atoms with van der Waals surface area (Å²) in [6, 6.07) is 0.430. The number of rotatable bonds is 6. The van der Waals surface area contributed by atoms with Crippen molar-refractivity contribution < 1.29 is 9.53 Å². The van der Waals surface area contributed by atoms with Gasteiger partial charge in [-0.15, -0.1) is 24.8 Å². The summed E-state index contributed by atoms with van der Waals surface area (Å²) in [7, 11) is 4.25. The van der Waals surface area contributed by atoms with Gasteiger partial charge in [-0.1, -0.05) is 19.3 Å². The Hall–Kier alpha value is -0.0700. The molecule has 1 unspecified atom stereocenters. The Morgan fingerprint density at radius 1 is 1.21 bits per heavy atom. The quantitative estimate of drug-likeness (QED) is 0.737. The number of halogens is 2. The van der Waals surface area contributed by atoms with Gasteiger partial charge in [-0.25, -0.2) is 0 Å². The Kier molecular flexibility index (Phi) is 11.5. The summed E-state index contributed by atoms with van der Waals surface area (Å²) in [4.78, 5) is 15.0. The first-order valence-corrected chi connectivity index (χ1v) is 8.81. The first-order valence-electron chi connectivity index (χ1n) is 8.81. The number of carbonyl (C=O) groups excluding carboxylic acids is 1. The lowest BCUT2D eigenvalue weighted by atomic mass is 9.79. The van der Waals surface area contributed by atoms with Gasteiger partial charge in [0.2, 0.25) is 5.91 Å². The molecule has 144 valence electrons. The molecule has 2 fully saturated rings. The molecule has 7 heteroatoms. The van der Waals surface area contributed by atoms with Gasteiger partial charge in [-0.05, 0) is 45.7 Å². The first kappa shape index (κ1) is 23.9. The highest BCUT2D eigenvalue weighted by Crippen LogP contribution is 2.31. The third-order valence-corrected chi connectivity index (χ3v) is 5.65. The van der Waals surface area contributed by atoms with E-state index in [1.54, 1.807) is 0 Å². The number of likely N-dealkylation sites (N-methyl/N-ethyl adjacent to an activating group) is 1. The highest BCUT2D eigenvalue weighted by Gasteiger charge is 2.39. The van der Waals surface area contributed by atoms with Crippen molar-refractivity contribution in [1.82, 2.24) is 10.2 Å². The number of nitrogens with two attached hydrogens (primary N) is 1.